The first-order valence-electron chi connectivity index (χ1n) is 8.84. The SMILES string of the molecule is CN(CC(=O)OC(C)(C)C)C(=O)c1cccc(NS(=O)(=O)c2cc(Cl)ccc2Cl)c1. The van der Waals surface area contributed by atoms with Gasteiger partial charge < -0.3 is 9.64 Å². The number of rotatable bonds is 6. The minimum atomic E-state index is -4.03. The van der Waals surface area contributed by atoms with Crippen molar-refractivity contribution in [3.05, 3.63) is 58.1 Å². The summed E-state index contributed by atoms with van der Waals surface area (Å²) in [5.41, 5.74) is -0.318. The Morgan fingerprint density at radius 1 is 1.10 bits per heavy atom. The van der Waals surface area contributed by atoms with Crippen molar-refractivity contribution in [1.82, 2.24) is 4.90 Å². The number of sulfonamides is 1. The highest BCUT2D eigenvalue weighted by molar-refractivity contribution is 7.92. The van der Waals surface area contributed by atoms with E-state index < -0.39 is 27.5 Å². The summed E-state index contributed by atoms with van der Waals surface area (Å²) in [6.07, 6.45) is 0. The number of likely N-dealkylation sites (N-methyl/N-ethyl adjacent to an activating group) is 1. The van der Waals surface area contributed by atoms with Crippen molar-refractivity contribution in [3.63, 3.8) is 0 Å². The molecule has 0 heterocycles. The van der Waals surface area contributed by atoms with Gasteiger partial charge in [0.05, 0.1) is 5.02 Å². The second-order valence-electron chi connectivity index (χ2n) is 7.51. The Hall–Kier alpha value is -2.29. The first kappa shape index (κ1) is 24.0. The zero-order valence-corrected chi connectivity index (χ0v) is 19.2. The van der Waals surface area contributed by atoms with Gasteiger partial charge in [0.25, 0.3) is 15.9 Å². The predicted octanol–water partition coefficient (Wildman–Crippen LogP) is 4.21. The Morgan fingerprint density at radius 2 is 1.77 bits per heavy atom. The van der Waals surface area contributed by atoms with Crippen LogP contribution < -0.4 is 4.72 Å². The number of anilines is 1. The smallest absolute Gasteiger partial charge is 0.326 e. The molecule has 1 N–H and O–H groups in total. The van der Waals surface area contributed by atoms with E-state index in [4.69, 9.17) is 27.9 Å². The summed E-state index contributed by atoms with van der Waals surface area (Å²) in [5.74, 6) is -1.02. The molecule has 0 unspecified atom stereocenters. The molecule has 162 valence electrons. The van der Waals surface area contributed by atoms with Gasteiger partial charge in [-0.1, -0.05) is 29.3 Å². The van der Waals surface area contributed by atoms with Crippen LogP contribution in [0.4, 0.5) is 5.69 Å². The maximum atomic E-state index is 12.7. The summed E-state index contributed by atoms with van der Waals surface area (Å²) in [5, 5.41) is 0.226. The van der Waals surface area contributed by atoms with Crippen molar-refractivity contribution < 1.29 is 22.7 Å². The predicted molar refractivity (Wildman–Crippen MR) is 117 cm³/mol. The van der Waals surface area contributed by atoms with Crippen LogP contribution >= 0.6 is 23.2 Å². The molecule has 0 spiro atoms. The number of nitrogens with zero attached hydrogens (tertiary/aromatic N) is 1. The Labute approximate surface area is 186 Å². The fourth-order valence-electron chi connectivity index (χ4n) is 2.47. The second-order valence-corrected chi connectivity index (χ2v) is 10.0. The number of carbonyl (C=O) groups is 2. The van der Waals surface area contributed by atoms with Crippen molar-refractivity contribution in [2.24, 2.45) is 0 Å². The summed E-state index contributed by atoms with van der Waals surface area (Å²) in [6, 6.07) is 9.97. The van der Waals surface area contributed by atoms with Crippen LogP contribution in [0, 0.1) is 0 Å². The Morgan fingerprint density at radius 3 is 2.40 bits per heavy atom. The average Bonchev–Trinajstić information content (AvgIpc) is 2.61. The van der Waals surface area contributed by atoms with Gasteiger partial charge in [-0.15, -0.1) is 0 Å². The minimum absolute atomic E-state index is 0.0104. The summed E-state index contributed by atoms with van der Waals surface area (Å²) in [6.45, 7) is 4.95. The van der Waals surface area contributed by atoms with Crippen LogP contribution in [0.1, 0.15) is 31.1 Å². The molecule has 2 aromatic rings. The third kappa shape index (κ3) is 6.62. The highest BCUT2D eigenvalue weighted by atomic mass is 35.5. The van der Waals surface area contributed by atoms with Crippen LogP contribution in [0.5, 0.6) is 0 Å². The summed E-state index contributed by atoms with van der Waals surface area (Å²) >= 11 is 11.9. The molecule has 2 rings (SSSR count). The fourth-order valence-corrected chi connectivity index (χ4v) is 4.28. The molecule has 0 aliphatic rings. The molecule has 7 nitrogen and oxygen atoms in total. The highest BCUT2D eigenvalue weighted by Gasteiger charge is 2.22. The molecule has 0 aliphatic carbocycles. The fraction of sp³-hybridized carbons (Fsp3) is 0.300. The lowest BCUT2D eigenvalue weighted by atomic mass is 10.2. The molecule has 10 heteroatoms. The average molecular weight is 473 g/mol. The maximum Gasteiger partial charge on any atom is 0.326 e. The number of esters is 1. The molecule has 0 aliphatic heterocycles. The topological polar surface area (TPSA) is 92.8 Å². The van der Waals surface area contributed by atoms with Gasteiger partial charge in [-0.2, -0.15) is 0 Å². The largest absolute Gasteiger partial charge is 0.459 e. The van der Waals surface area contributed by atoms with E-state index >= 15 is 0 Å². The van der Waals surface area contributed by atoms with E-state index in [-0.39, 0.29) is 32.7 Å². The second kappa shape index (κ2) is 9.24. The number of carbonyl (C=O) groups excluding carboxylic acids is 2. The molecule has 0 bridgehead atoms. The van der Waals surface area contributed by atoms with E-state index in [1.807, 2.05) is 0 Å². The Balaban J connectivity index is 2.18. The van der Waals surface area contributed by atoms with Crippen molar-refractivity contribution in [1.29, 1.82) is 0 Å². The van der Waals surface area contributed by atoms with Crippen molar-refractivity contribution >= 4 is 50.8 Å². The number of hydrogen-bond donors (Lipinski definition) is 1. The minimum Gasteiger partial charge on any atom is -0.459 e. The molecule has 2 aromatic carbocycles. The summed E-state index contributed by atoms with van der Waals surface area (Å²) in [4.78, 5) is 25.6. The Bertz CT molecular complexity index is 1070. The first-order chi connectivity index (χ1) is 13.8. The van der Waals surface area contributed by atoms with Crippen LogP contribution in [0.15, 0.2) is 47.4 Å². The third-order valence-electron chi connectivity index (χ3n) is 3.68. The normalized spacial score (nSPS) is 11.7. The van der Waals surface area contributed by atoms with Gasteiger partial charge in [0.1, 0.15) is 17.0 Å². The van der Waals surface area contributed by atoms with E-state index in [1.165, 1.54) is 54.4 Å². The van der Waals surface area contributed by atoms with Crippen molar-refractivity contribution in [3.8, 4) is 0 Å². The summed E-state index contributed by atoms with van der Waals surface area (Å²) in [7, 11) is -2.58. The van der Waals surface area contributed by atoms with E-state index in [0.717, 1.165) is 0 Å². The lowest BCUT2D eigenvalue weighted by molar-refractivity contribution is -0.155. The quantitative estimate of drug-likeness (QED) is 0.635. The number of ether oxygens (including phenoxy) is 1. The zero-order valence-electron chi connectivity index (χ0n) is 16.9. The molecule has 0 radical (unpaired) electrons. The number of nitrogens with one attached hydrogen (secondary N) is 1. The molecule has 30 heavy (non-hydrogen) atoms. The molecule has 0 aromatic heterocycles. The zero-order chi connectivity index (χ0) is 22.7. The standard InChI is InChI=1S/C20H22Cl2N2O5S/c1-20(2,3)29-18(25)12-24(4)19(26)13-6-5-7-15(10-13)23-30(27,28)17-11-14(21)8-9-16(17)22/h5-11,23H,12H2,1-4H3. The van der Waals surface area contributed by atoms with Crippen LogP contribution in [-0.4, -0.2) is 44.4 Å². The molecule has 0 saturated heterocycles. The van der Waals surface area contributed by atoms with Crippen LogP contribution in [0.2, 0.25) is 10.0 Å². The lowest BCUT2D eigenvalue weighted by Crippen LogP contribution is -2.36. The van der Waals surface area contributed by atoms with Gasteiger partial charge in [-0.3, -0.25) is 14.3 Å². The maximum absolute atomic E-state index is 12.7. The van der Waals surface area contributed by atoms with Crippen LogP contribution in [0.25, 0.3) is 0 Å². The molecular weight excluding hydrogens is 451 g/mol. The molecule has 0 atom stereocenters. The molecular formula is C20H22Cl2N2O5S. The van der Waals surface area contributed by atoms with Gasteiger partial charge in [0.15, 0.2) is 0 Å². The van der Waals surface area contributed by atoms with E-state index in [9.17, 15) is 18.0 Å². The molecule has 1 amide bonds. The lowest BCUT2D eigenvalue weighted by Gasteiger charge is -2.22. The van der Waals surface area contributed by atoms with Crippen molar-refractivity contribution in [2.45, 2.75) is 31.3 Å². The van der Waals surface area contributed by atoms with E-state index in [2.05, 4.69) is 4.72 Å². The van der Waals surface area contributed by atoms with Gasteiger partial charge >= 0.3 is 5.97 Å². The van der Waals surface area contributed by atoms with E-state index in [1.54, 1.807) is 20.8 Å². The molecule has 0 fully saturated rings. The number of benzene rings is 2. The van der Waals surface area contributed by atoms with Gasteiger partial charge in [0, 0.05) is 23.3 Å². The third-order valence-corrected chi connectivity index (χ3v) is 5.78. The van der Waals surface area contributed by atoms with Crippen molar-refractivity contribution in [2.75, 3.05) is 18.3 Å². The van der Waals surface area contributed by atoms with Crippen LogP contribution in [0.3, 0.4) is 0 Å². The number of halogens is 2. The molecule has 0 saturated carbocycles. The Kier molecular flexibility index (Phi) is 7.39. The summed E-state index contributed by atoms with van der Waals surface area (Å²) < 4.78 is 32.9. The van der Waals surface area contributed by atoms with Gasteiger partial charge in [-0.05, 0) is 57.2 Å². The monoisotopic (exact) mass is 472 g/mol. The number of hydrogen-bond acceptors (Lipinski definition) is 5. The first-order valence-corrected chi connectivity index (χ1v) is 11.1. The van der Waals surface area contributed by atoms with E-state index in [0.29, 0.717) is 0 Å². The van der Waals surface area contributed by atoms with Gasteiger partial charge in [0.2, 0.25) is 0 Å². The number of amides is 1. The highest BCUT2D eigenvalue weighted by Crippen LogP contribution is 2.27. The van der Waals surface area contributed by atoms with Crippen LogP contribution in [-0.2, 0) is 19.6 Å². The van der Waals surface area contributed by atoms with Gasteiger partial charge in [-0.25, -0.2) is 8.42 Å².